The molecule has 0 spiro atoms. The summed E-state index contributed by atoms with van der Waals surface area (Å²) in [6.45, 7) is 4.85. The molecule has 33 heavy (non-hydrogen) atoms. The second-order valence-electron chi connectivity index (χ2n) is 8.54. The van der Waals surface area contributed by atoms with Crippen LogP contribution in [-0.2, 0) is 4.84 Å². The second kappa shape index (κ2) is 8.73. The Morgan fingerprint density at radius 3 is 2.73 bits per heavy atom. The van der Waals surface area contributed by atoms with Gasteiger partial charge in [0.2, 0.25) is 0 Å². The van der Waals surface area contributed by atoms with Crippen molar-refractivity contribution in [2.24, 2.45) is 5.16 Å². The van der Waals surface area contributed by atoms with E-state index in [4.69, 9.17) is 9.57 Å². The number of halogens is 1. The average Bonchev–Trinajstić information content (AvgIpc) is 3.26. The molecule has 5 rings (SSSR count). The summed E-state index contributed by atoms with van der Waals surface area (Å²) in [6.07, 6.45) is 7.70. The van der Waals surface area contributed by atoms with Crippen LogP contribution in [0.3, 0.4) is 0 Å². The Morgan fingerprint density at radius 1 is 1.18 bits per heavy atom. The zero-order chi connectivity index (χ0) is 22.9. The molecule has 0 saturated carbocycles. The van der Waals surface area contributed by atoms with Crippen LogP contribution in [0.5, 0.6) is 5.75 Å². The summed E-state index contributed by atoms with van der Waals surface area (Å²) in [5, 5.41) is 4.47. The number of aryl methyl sites for hydroxylation is 1. The van der Waals surface area contributed by atoms with Crippen molar-refractivity contribution in [2.75, 3.05) is 13.7 Å². The molecular weight excluding hydrogens is 419 g/mol. The minimum atomic E-state index is -0.237. The number of hydrogen-bond acceptors (Lipinski definition) is 5. The number of hydrogen-bond donors (Lipinski definition) is 0. The maximum absolute atomic E-state index is 13.5. The summed E-state index contributed by atoms with van der Waals surface area (Å²) in [6, 6.07) is 12.8. The summed E-state index contributed by atoms with van der Waals surface area (Å²) in [7, 11) is 1.68. The van der Waals surface area contributed by atoms with Crippen LogP contribution in [0.15, 0.2) is 65.7 Å². The first kappa shape index (κ1) is 21.2. The van der Waals surface area contributed by atoms with Gasteiger partial charge in [-0.05, 0) is 73.7 Å². The zero-order valence-corrected chi connectivity index (χ0v) is 19.0. The normalized spacial score (nSPS) is 21.4. The lowest BCUT2D eigenvalue weighted by molar-refractivity contribution is -0.00944. The van der Waals surface area contributed by atoms with E-state index in [0.717, 1.165) is 59.1 Å². The average molecular weight is 447 g/mol. The smallest absolute Gasteiger partial charge is 0.172 e. The number of imidazole rings is 1. The lowest BCUT2D eigenvalue weighted by Crippen LogP contribution is -2.47. The van der Waals surface area contributed by atoms with E-state index in [1.165, 1.54) is 12.1 Å². The molecule has 2 atom stereocenters. The molecule has 3 aromatic rings. The lowest BCUT2D eigenvalue weighted by Gasteiger charge is -2.43. The van der Waals surface area contributed by atoms with Crippen molar-refractivity contribution in [1.82, 2.24) is 14.5 Å². The summed E-state index contributed by atoms with van der Waals surface area (Å²) in [4.78, 5) is 12.4. The number of fused-ring (bicyclic) bond motifs is 1. The molecule has 1 aromatic heterocycles. The quantitative estimate of drug-likeness (QED) is 0.547. The first-order valence-electron chi connectivity index (χ1n) is 11.2. The third-order valence-electron chi connectivity index (χ3n) is 6.24. The predicted octanol–water partition coefficient (Wildman–Crippen LogP) is 5.28. The number of benzene rings is 2. The van der Waals surface area contributed by atoms with Gasteiger partial charge in [-0.15, -0.1) is 0 Å². The van der Waals surface area contributed by atoms with Crippen LogP contribution in [0.4, 0.5) is 4.39 Å². The number of methoxy groups -OCH3 is 1. The molecule has 2 aliphatic heterocycles. The molecule has 2 aromatic carbocycles. The van der Waals surface area contributed by atoms with Gasteiger partial charge < -0.3 is 19.0 Å². The molecule has 2 aliphatic rings. The monoisotopic (exact) mass is 446 g/mol. The van der Waals surface area contributed by atoms with Crippen molar-refractivity contribution in [3.05, 3.63) is 83.2 Å². The van der Waals surface area contributed by atoms with E-state index < -0.39 is 0 Å². The summed E-state index contributed by atoms with van der Waals surface area (Å²) in [5.41, 5.74) is 5.07. The molecule has 0 N–H and O–H groups in total. The number of amidine groups is 1. The number of ether oxygens (including phenoxy) is 1. The highest BCUT2D eigenvalue weighted by Gasteiger charge is 2.37. The van der Waals surface area contributed by atoms with Gasteiger partial charge >= 0.3 is 0 Å². The highest BCUT2D eigenvalue weighted by atomic mass is 19.1. The maximum atomic E-state index is 13.5. The third-order valence-corrected chi connectivity index (χ3v) is 6.24. The highest BCUT2D eigenvalue weighted by Crippen LogP contribution is 2.36. The van der Waals surface area contributed by atoms with Gasteiger partial charge in [-0.25, -0.2) is 9.37 Å². The van der Waals surface area contributed by atoms with E-state index in [0.29, 0.717) is 0 Å². The fourth-order valence-corrected chi connectivity index (χ4v) is 4.67. The van der Waals surface area contributed by atoms with Crippen LogP contribution in [0, 0.1) is 12.7 Å². The van der Waals surface area contributed by atoms with Crippen molar-refractivity contribution >= 4 is 11.9 Å². The van der Waals surface area contributed by atoms with Gasteiger partial charge in [0.05, 0.1) is 30.9 Å². The molecule has 2 unspecified atom stereocenters. The Balaban J connectivity index is 1.47. The number of oxime groups is 1. The van der Waals surface area contributed by atoms with E-state index in [2.05, 4.69) is 27.2 Å². The van der Waals surface area contributed by atoms with E-state index in [1.54, 1.807) is 13.4 Å². The van der Waals surface area contributed by atoms with Gasteiger partial charge in [0, 0.05) is 12.7 Å². The minimum absolute atomic E-state index is 0.0109. The van der Waals surface area contributed by atoms with Gasteiger partial charge in [0.15, 0.2) is 5.84 Å². The lowest BCUT2D eigenvalue weighted by atomic mass is 9.93. The first-order valence-corrected chi connectivity index (χ1v) is 11.2. The fraction of sp³-hybridized carbons (Fsp3) is 0.308. The van der Waals surface area contributed by atoms with E-state index >= 15 is 0 Å². The van der Waals surface area contributed by atoms with Crippen LogP contribution >= 0.6 is 0 Å². The molecule has 0 radical (unpaired) electrons. The fourth-order valence-electron chi connectivity index (χ4n) is 4.67. The summed E-state index contributed by atoms with van der Waals surface area (Å²) >= 11 is 0. The van der Waals surface area contributed by atoms with E-state index in [1.807, 2.05) is 48.9 Å². The second-order valence-corrected chi connectivity index (χ2v) is 8.54. The molecular formula is C26H27FN4O2. The Morgan fingerprint density at radius 2 is 2.00 bits per heavy atom. The zero-order valence-electron chi connectivity index (χ0n) is 19.0. The SMILES string of the molecule is COc1cc(/C=C2\CCCN3C2=NOC(C)C3c2ccc(F)cc2)ccc1-n1cnc(C)c1. The van der Waals surface area contributed by atoms with Crippen LogP contribution in [-0.4, -0.2) is 40.0 Å². The van der Waals surface area contributed by atoms with Crippen molar-refractivity contribution in [2.45, 2.75) is 38.8 Å². The van der Waals surface area contributed by atoms with Gasteiger partial charge in [0.25, 0.3) is 0 Å². The maximum Gasteiger partial charge on any atom is 0.172 e. The number of aromatic nitrogens is 2. The van der Waals surface area contributed by atoms with Crippen molar-refractivity contribution < 1.29 is 14.0 Å². The van der Waals surface area contributed by atoms with Crippen molar-refractivity contribution in [1.29, 1.82) is 0 Å². The Bertz CT molecular complexity index is 1220. The largest absolute Gasteiger partial charge is 0.495 e. The number of nitrogens with zero attached hydrogens (tertiary/aromatic N) is 4. The van der Waals surface area contributed by atoms with E-state index in [9.17, 15) is 4.39 Å². The van der Waals surface area contributed by atoms with Gasteiger partial charge in [-0.3, -0.25) is 0 Å². The first-order chi connectivity index (χ1) is 16.0. The Kier molecular flexibility index (Phi) is 5.62. The van der Waals surface area contributed by atoms with Crippen LogP contribution in [0.1, 0.15) is 42.6 Å². The third kappa shape index (κ3) is 4.11. The van der Waals surface area contributed by atoms with E-state index in [-0.39, 0.29) is 18.0 Å². The predicted molar refractivity (Wildman–Crippen MR) is 126 cm³/mol. The van der Waals surface area contributed by atoms with Gasteiger partial charge in [-0.1, -0.05) is 23.4 Å². The summed E-state index contributed by atoms with van der Waals surface area (Å²) in [5.74, 6) is 1.38. The molecule has 6 nitrogen and oxygen atoms in total. The molecule has 0 bridgehead atoms. The Labute approximate surface area is 192 Å². The molecule has 0 amide bonds. The standard InChI is InChI=1S/C26H27FN4O2/c1-17-15-30(16-28-17)23-11-6-19(14-24(23)32-3)13-21-5-4-12-31-25(18(2)33-29-26(21)31)20-7-9-22(27)10-8-20/h6-11,13-16,18,25H,4-5,12H2,1-3H3/b21-13+. The minimum Gasteiger partial charge on any atom is -0.495 e. The molecule has 170 valence electrons. The van der Waals surface area contributed by atoms with Crippen molar-refractivity contribution in [3.8, 4) is 11.4 Å². The molecule has 7 heteroatoms. The topological polar surface area (TPSA) is 51.9 Å². The highest BCUT2D eigenvalue weighted by molar-refractivity contribution is 6.03. The van der Waals surface area contributed by atoms with Crippen LogP contribution in [0.2, 0.25) is 0 Å². The number of rotatable bonds is 4. The molecule has 3 heterocycles. The Hall–Kier alpha value is -3.61. The van der Waals surface area contributed by atoms with Crippen molar-refractivity contribution in [3.63, 3.8) is 0 Å². The van der Waals surface area contributed by atoms with Gasteiger partial charge in [-0.2, -0.15) is 0 Å². The van der Waals surface area contributed by atoms with Crippen LogP contribution in [0.25, 0.3) is 11.8 Å². The molecule has 1 saturated heterocycles. The summed E-state index contributed by atoms with van der Waals surface area (Å²) < 4.78 is 21.1. The van der Waals surface area contributed by atoms with Crippen LogP contribution < -0.4 is 4.74 Å². The van der Waals surface area contributed by atoms with Gasteiger partial charge in [0.1, 0.15) is 17.7 Å². The molecule has 1 fully saturated rings. The molecule has 0 aliphatic carbocycles. The number of piperidine rings is 1.